The number of nitrogens with zero attached hydrogens (tertiary/aromatic N) is 2. The third kappa shape index (κ3) is 7.27. The van der Waals surface area contributed by atoms with E-state index in [9.17, 15) is 9.59 Å². The number of rotatable bonds is 8. The van der Waals surface area contributed by atoms with Crippen molar-refractivity contribution in [2.24, 2.45) is 15.9 Å². The van der Waals surface area contributed by atoms with Crippen LogP contribution in [0.1, 0.15) is 24.5 Å². The van der Waals surface area contributed by atoms with Gasteiger partial charge in [-0.15, -0.1) is 0 Å². The van der Waals surface area contributed by atoms with E-state index >= 15 is 0 Å². The zero-order valence-electron chi connectivity index (χ0n) is 17.2. The highest BCUT2D eigenvalue weighted by Gasteiger charge is 2.14. The van der Waals surface area contributed by atoms with E-state index < -0.39 is 5.91 Å². The second-order valence-electron chi connectivity index (χ2n) is 6.42. The molecule has 2 amide bonds. The standard InChI is InChI=1S/C21H22Cl2N4O4/c1-12(28)25-21-16(22)7-13(8-17(21)23)9-19(24)26-20(29)11-18(27-31-3)14-5-4-6-15(10-14)30-2/h4-8,10H,9,11H2,1-3H3,(H,25,28)(H2,24,26,29). The molecule has 0 saturated carbocycles. The largest absolute Gasteiger partial charge is 0.497 e. The Kier molecular flexibility index (Phi) is 8.84. The molecule has 0 unspecified atom stereocenters. The Morgan fingerprint density at radius 3 is 2.39 bits per heavy atom. The van der Waals surface area contributed by atoms with Gasteiger partial charge in [-0.3, -0.25) is 9.59 Å². The van der Waals surface area contributed by atoms with E-state index in [0.717, 1.165) is 0 Å². The molecule has 10 heteroatoms. The molecule has 2 rings (SSSR count). The van der Waals surface area contributed by atoms with Crippen molar-refractivity contribution in [2.45, 2.75) is 19.8 Å². The first-order valence-electron chi connectivity index (χ1n) is 9.09. The quantitative estimate of drug-likeness (QED) is 0.349. The van der Waals surface area contributed by atoms with Crippen LogP contribution in [0.3, 0.4) is 0 Å². The fourth-order valence-electron chi connectivity index (χ4n) is 2.71. The number of benzene rings is 2. The normalized spacial score (nSPS) is 11.8. The molecule has 0 bridgehead atoms. The molecule has 2 aromatic rings. The molecule has 0 aliphatic heterocycles. The van der Waals surface area contributed by atoms with Gasteiger partial charge in [0.25, 0.3) is 5.91 Å². The Morgan fingerprint density at radius 2 is 1.81 bits per heavy atom. The fourth-order valence-corrected chi connectivity index (χ4v) is 3.34. The first-order valence-corrected chi connectivity index (χ1v) is 9.85. The van der Waals surface area contributed by atoms with Crippen LogP contribution in [0.2, 0.25) is 10.0 Å². The number of amides is 2. The van der Waals surface area contributed by atoms with Crippen LogP contribution < -0.4 is 15.8 Å². The molecule has 0 aliphatic carbocycles. The molecule has 0 saturated heterocycles. The van der Waals surface area contributed by atoms with Crippen molar-refractivity contribution >= 4 is 52.3 Å². The highest BCUT2D eigenvalue weighted by Crippen LogP contribution is 2.32. The molecule has 0 atom stereocenters. The maximum atomic E-state index is 12.4. The number of oxime groups is 1. The van der Waals surface area contributed by atoms with Crippen LogP contribution in [0, 0.1) is 0 Å². The van der Waals surface area contributed by atoms with E-state index in [1.54, 1.807) is 43.5 Å². The number of nitrogens with one attached hydrogen (secondary N) is 1. The molecule has 0 spiro atoms. The van der Waals surface area contributed by atoms with Gasteiger partial charge in [0, 0.05) is 18.9 Å². The lowest BCUT2D eigenvalue weighted by Gasteiger charge is -2.10. The number of ether oxygens (including phenoxy) is 1. The fraction of sp³-hybridized carbons (Fsp3) is 0.238. The molecule has 164 valence electrons. The summed E-state index contributed by atoms with van der Waals surface area (Å²) in [7, 11) is 2.93. The topological polar surface area (TPSA) is 115 Å². The van der Waals surface area contributed by atoms with Gasteiger partial charge in [0.15, 0.2) is 0 Å². The van der Waals surface area contributed by atoms with Crippen LogP contribution in [0.4, 0.5) is 5.69 Å². The molecule has 0 heterocycles. The molecule has 31 heavy (non-hydrogen) atoms. The molecule has 0 aliphatic rings. The molecule has 2 aromatic carbocycles. The SMILES string of the molecule is CON=C(CC(=O)N=C(N)Cc1cc(Cl)c(NC(C)=O)c(Cl)c1)c1cccc(OC)c1. The predicted molar refractivity (Wildman–Crippen MR) is 122 cm³/mol. The van der Waals surface area contributed by atoms with Gasteiger partial charge in [-0.25, -0.2) is 4.99 Å². The lowest BCUT2D eigenvalue weighted by molar-refractivity contribution is -0.116. The van der Waals surface area contributed by atoms with Crippen LogP contribution >= 0.6 is 23.2 Å². The van der Waals surface area contributed by atoms with Gasteiger partial charge >= 0.3 is 0 Å². The zero-order chi connectivity index (χ0) is 23.0. The van der Waals surface area contributed by atoms with Crippen LogP contribution in [0.5, 0.6) is 5.75 Å². The molecule has 0 aromatic heterocycles. The minimum Gasteiger partial charge on any atom is -0.497 e. The number of nitrogens with two attached hydrogens (primary N) is 1. The average molecular weight is 465 g/mol. The number of halogens is 2. The second-order valence-corrected chi connectivity index (χ2v) is 7.23. The zero-order valence-corrected chi connectivity index (χ0v) is 18.8. The van der Waals surface area contributed by atoms with Crippen molar-refractivity contribution in [1.29, 1.82) is 0 Å². The highest BCUT2D eigenvalue weighted by atomic mass is 35.5. The Hall–Kier alpha value is -3.10. The van der Waals surface area contributed by atoms with Crippen LogP contribution in [-0.4, -0.2) is 37.6 Å². The van der Waals surface area contributed by atoms with Crippen LogP contribution in [0.15, 0.2) is 46.5 Å². The van der Waals surface area contributed by atoms with Crippen molar-refractivity contribution in [3.05, 3.63) is 57.6 Å². The predicted octanol–water partition coefficient (Wildman–Crippen LogP) is 3.83. The molecule has 0 fully saturated rings. The first-order chi connectivity index (χ1) is 14.7. The third-order valence-electron chi connectivity index (χ3n) is 3.98. The monoisotopic (exact) mass is 464 g/mol. The van der Waals surface area contributed by atoms with E-state index in [0.29, 0.717) is 28.3 Å². The van der Waals surface area contributed by atoms with Gasteiger partial charge in [0.05, 0.1) is 35.0 Å². The molecule has 3 N–H and O–H groups in total. The van der Waals surface area contributed by atoms with E-state index in [1.807, 2.05) is 0 Å². The number of hydrogen-bond acceptors (Lipinski definition) is 5. The molecule has 8 nitrogen and oxygen atoms in total. The number of methoxy groups -OCH3 is 1. The van der Waals surface area contributed by atoms with E-state index in [2.05, 4.69) is 15.5 Å². The Balaban J connectivity index is 2.14. The van der Waals surface area contributed by atoms with E-state index in [1.165, 1.54) is 14.0 Å². The van der Waals surface area contributed by atoms with Gasteiger partial charge in [-0.2, -0.15) is 0 Å². The summed E-state index contributed by atoms with van der Waals surface area (Å²) in [5.74, 6) is -0.101. The minimum atomic E-state index is -0.497. The van der Waals surface area contributed by atoms with Gasteiger partial charge in [0.2, 0.25) is 5.91 Å². The summed E-state index contributed by atoms with van der Waals surface area (Å²) in [6.45, 7) is 1.35. The first kappa shape index (κ1) is 24.2. The lowest BCUT2D eigenvalue weighted by atomic mass is 10.1. The third-order valence-corrected chi connectivity index (χ3v) is 4.58. The number of carbonyl (C=O) groups excluding carboxylic acids is 2. The number of aliphatic imine (C=N–C) groups is 1. The Morgan fingerprint density at radius 1 is 1.13 bits per heavy atom. The van der Waals surface area contributed by atoms with Crippen LogP contribution in [0.25, 0.3) is 0 Å². The maximum absolute atomic E-state index is 12.4. The van der Waals surface area contributed by atoms with Gasteiger partial charge in [0.1, 0.15) is 18.7 Å². The smallest absolute Gasteiger partial charge is 0.253 e. The van der Waals surface area contributed by atoms with Crippen molar-refractivity contribution in [3.63, 3.8) is 0 Å². The maximum Gasteiger partial charge on any atom is 0.253 e. The summed E-state index contributed by atoms with van der Waals surface area (Å²) >= 11 is 12.4. The van der Waals surface area contributed by atoms with Crippen LogP contribution in [-0.2, 0) is 20.8 Å². The molecular formula is C21H22Cl2N4O4. The van der Waals surface area contributed by atoms with Crippen molar-refractivity contribution < 1.29 is 19.2 Å². The Labute approximate surface area is 190 Å². The summed E-state index contributed by atoms with van der Waals surface area (Å²) in [6.07, 6.45) is 0.0200. The Bertz CT molecular complexity index is 1010. The summed E-state index contributed by atoms with van der Waals surface area (Å²) in [4.78, 5) is 32.5. The average Bonchev–Trinajstić information content (AvgIpc) is 2.70. The highest BCUT2D eigenvalue weighted by molar-refractivity contribution is 6.39. The van der Waals surface area contributed by atoms with E-state index in [4.69, 9.17) is 38.5 Å². The van der Waals surface area contributed by atoms with Gasteiger partial charge in [-0.1, -0.05) is 40.5 Å². The van der Waals surface area contributed by atoms with Crippen molar-refractivity contribution in [1.82, 2.24) is 0 Å². The van der Waals surface area contributed by atoms with Gasteiger partial charge < -0.3 is 20.6 Å². The van der Waals surface area contributed by atoms with Crippen molar-refractivity contribution in [2.75, 3.05) is 19.5 Å². The van der Waals surface area contributed by atoms with Crippen molar-refractivity contribution in [3.8, 4) is 5.75 Å². The van der Waals surface area contributed by atoms with E-state index in [-0.39, 0.29) is 34.6 Å². The minimum absolute atomic E-state index is 0.0758. The second kappa shape index (κ2) is 11.3. The summed E-state index contributed by atoms with van der Waals surface area (Å²) < 4.78 is 5.19. The molecular weight excluding hydrogens is 443 g/mol. The number of anilines is 1. The lowest BCUT2D eigenvalue weighted by Crippen LogP contribution is -2.19. The number of hydrogen-bond donors (Lipinski definition) is 2. The summed E-state index contributed by atoms with van der Waals surface area (Å²) in [5.41, 5.74) is 7.93. The molecule has 0 radical (unpaired) electrons. The number of amidine groups is 1. The van der Waals surface area contributed by atoms with Gasteiger partial charge in [-0.05, 0) is 29.8 Å². The summed E-state index contributed by atoms with van der Waals surface area (Å²) in [5, 5.41) is 6.99. The number of carbonyl (C=O) groups is 2. The summed E-state index contributed by atoms with van der Waals surface area (Å²) in [6, 6.07) is 10.3.